The van der Waals surface area contributed by atoms with E-state index in [0.29, 0.717) is 17.5 Å². The molecular weight excluding hydrogens is 492 g/mol. The van der Waals surface area contributed by atoms with Gasteiger partial charge in [0.2, 0.25) is 0 Å². The number of hydrogen-bond acceptors (Lipinski definition) is 6. The zero-order valence-corrected chi connectivity index (χ0v) is 21.4. The Balaban J connectivity index is 1.48. The van der Waals surface area contributed by atoms with Crippen LogP contribution in [0.4, 0.5) is 0 Å². The Morgan fingerprint density at radius 3 is 1.45 bits per heavy atom. The van der Waals surface area contributed by atoms with Gasteiger partial charge < -0.3 is 0 Å². The first-order chi connectivity index (χ1) is 19.8. The van der Waals surface area contributed by atoms with Gasteiger partial charge in [-0.1, -0.05) is 66.7 Å². The number of nitrogens with zero attached hydrogens (tertiary/aromatic N) is 6. The molecule has 0 bridgehead atoms. The van der Waals surface area contributed by atoms with Crippen LogP contribution in [0.15, 0.2) is 134 Å². The van der Waals surface area contributed by atoms with Crippen molar-refractivity contribution in [2.75, 3.05) is 0 Å². The maximum atomic E-state index is 5.12. The van der Waals surface area contributed by atoms with Crippen molar-refractivity contribution in [2.24, 2.45) is 0 Å². The van der Waals surface area contributed by atoms with E-state index in [9.17, 15) is 0 Å². The predicted octanol–water partition coefficient (Wildman–Crippen LogP) is 7.54. The molecule has 6 heteroatoms. The summed E-state index contributed by atoms with van der Waals surface area (Å²) in [6, 6.07) is 36.6. The summed E-state index contributed by atoms with van der Waals surface area (Å²) in [5, 5.41) is 0.990. The molecule has 0 amide bonds. The molecule has 4 aromatic carbocycles. The molecule has 0 atom stereocenters. The Labute approximate surface area is 231 Å². The van der Waals surface area contributed by atoms with E-state index >= 15 is 0 Å². The topological polar surface area (TPSA) is 77.3 Å². The van der Waals surface area contributed by atoms with E-state index in [-0.39, 0.29) is 0 Å². The highest BCUT2D eigenvalue weighted by molar-refractivity contribution is 5.96. The molecule has 6 nitrogen and oxygen atoms in total. The number of benzene rings is 4. The monoisotopic (exact) mass is 514 g/mol. The summed E-state index contributed by atoms with van der Waals surface area (Å²) in [5.74, 6) is 1.82. The maximum Gasteiger partial charge on any atom is 0.160 e. The lowest BCUT2D eigenvalue weighted by molar-refractivity contribution is 1.16. The van der Waals surface area contributed by atoms with E-state index in [4.69, 9.17) is 9.97 Å². The molecule has 7 rings (SSSR count). The summed E-state index contributed by atoms with van der Waals surface area (Å²) in [6.45, 7) is 0. The zero-order chi connectivity index (χ0) is 26.7. The normalized spacial score (nSPS) is 11.0. The van der Waals surface area contributed by atoms with Gasteiger partial charge in [-0.2, -0.15) is 0 Å². The van der Waals surface area contributed by atoms with Crippen molar-refractivity contribution < 1.29 is 0 Å². The van der Waals surface area contributed by atoms with Gasteiger partial charge >= 0.3 is 0 Å². The Bertz CT molecular complexity index is 1870. The summed E-state index contributed by atoms with van der Waals surface area (Å²) >= 11 is 0. The van der Waals surface area contributed by atoms with Crippen molar-refractivity contribution in [2.45, 2.75) is 0 Å². The highest BCUT2D eigenvalue weighted by Gasteiger charge is 2.16. The first-order valence-electron chi connectivity index (χ1n) is 12.9. The molecule has 3 heterocycles. The molecule has 0 aliphatic heterocycles. The molecule has 0 radical (unpaired) electrons. The standard InChI is InChI=1S/C34H22N6/c1-3-9-23(10-4-1)25-13-14-29-30(22-25)39-34(40-31(29)24-11-5-2-6-12-24)28-20-26(32-35-15-7-16-36-32)19-27(21-28)33-37-17-8-18-38-33/h1-22H. The van der Waals surface area contributed by atoms with Gasteiger partial charge in [0.1, 0.15) is 0 Å². The van der Waals surface area contributed by atoms with Gasteiger partial charge in [-0.15, -0.1) is 0 Å². The zero-order valence-electron chi connectivity index (χ0n) is 21.4. The largest absolute Gasteiger partial charge is 0.237 e. The van der Waals surface area contributed by atoms with Crippen LogP contribution in [0.1, 0.15) is 0 Å². The second-order valence-corrected chi connectivity index (χ2v) is 9.30. The SMILES string of the molecule is c1ccc(-c2ccc3c(-c4ccccc4)nc(-c4cc(-c5ncccn5)cc(-c5ncccn5)c4)nc3c2)cc1. The highest BCUT2D eigenvalue weighted by atomic mass is 14.9. The molecule has 0 aliphatic carbocycles. The number of hydrogen-bond donors (Lipinski definition) is 0. The third-order valence-corrected chi connectivity index (χ3v) is 6.69. The molecule has 188 valence electrons. The Morgan fingerprint density at radius 2 is 0.875 bits per heavy atom. The number of fused-ring (bicyclic) bond motifs is 1. The summed E-state index contributed by atoms with van der Waals surface area (Å²) in [7, 11) is 0. The first-order valence-corrected chi connectivity index (χ1v) is 12.9. The first kappa shape index (κ1) is 23.5. The van der Waals surface area contributed by atoms with E-state index < -0.39 is 0 Å². The van der Waals surface area contributed by atoms with Gasteiger partial charge in [0.05, 0.1) is 11.2 Å². The van der Waals surface area contributed by atoms with Gasteiger partial charge in [0.15, 0.2) is 17.5 Å². The lowest BCUT2D eigenvalue weighted by atomic mass is 10.00. The van der Waals surface area contributed by atoms with Gasteiger partial charge in [0.25, 0.3) is 0 Å². The maximum absolute atomic E-state index is 5.12. The van der Waals surface area contributed by atoms with Gasteiger partial charge in [-0.3, -0.25) is 0 Å². The molecule has 3 aromatic heterocycles. The van der Waals surface area contributed by atoms with Crippen LogP contribution in [0.3, 0.4) is 0 Å². The van der Waals surface area contributed by atoms with Crippen LogP contribution in [0.5, 0.6) is 0 Å². The molecule has 0 saturated heterocycles. The molecule has 40 heavy (non-hydrogen) atoms. The van der Waals surface area contributed by atoms with E-state index in [1.807, 2.05) is 54.6 Å². The lowest BCUT2D eigenvalue weighted by Crippen LogP contribution is -1.98. The Morgan fingerprint density at radius 1 is 0.350 bits per heavy atom. The van der Waals surface area contributed by atoms with E-state index in [1.165, 1.54) is 0 Å². The number of rotatable bonds is 5. The molecule has 0 saturated carbocycles. The molecule has 0 unspecified atom stereocenters. The minimum absolute atomic E-state index is 0.603. The van der Waals surface area contributed by atoms with Crippen LogP contribution >= 0.6 is 0 Å². The van der Waals surface area contributed by atoms with Crippen LogP contribution in [-0.2, 0) is 0 Å². The van der Waals surface area contributed by atoms with Crippen molar-refractivity contribution in [1.29, 1.82) is 0 Å². The van der Waals surface area contributed by atoms with Crippen molar-refractivity contribution in [3.8, 4) is 56.5 Å². The fourth-order valence-corrected chi connectivity index (χ4v) is 4.80. The Hall–Kier alpha value is -5.62. The fourth-order valence-electron chi connectivity index (χ4n) is 4.80. The third kappa shape index (κ3) is 4.59. The van der Waals surface area contributed by atoms with Gasteiger partial charge in [-0.25, -0.2) is 29.9 Å². The van der Waals surface area contributed by atoms with E-state index in [0.717, 1.165) is 50.0 Å². The predicted molar refractivity (Wildman–Crippen MR) is 158 cm³/mol. The third-order valence-electron chi connectivity index (χ3n) is 6.69. The van der Waals surface area contributed by atoms with Crippen molar-refractivity contribution >= 4 is 10.9 Å². The van der Waals surface area contributed by atoms with Gasteiger partial charge in [-0.05, 0) is 53.6 Å². The molecular formula is C34H22N6. The fraction of sp³-hybridized carbons (Fsp3) is 0. The minimum atomic E-state index is 0.603. The van der Waals surface area contributed by atoms with Crippen molar-refractivity contribution in [3.05, 3.63) is 134 Å². The van der Waals surface area contributed by atoms with Crippen molar-refractivity contribution in [3.63, 3.8) is 0 Å². The summed E-state index contributed by atoms with van der Waals surface area (Å²) < 4.78 is 0. The van der Waals surface area contributed by atoms with E-state index in [2.05, 4.69) is 62.4 Å². The van der Waals surface area contributed by atoms with Crippen molar-refractivity contribution in [1.82, 2.24) is 29.9 Å². The van der Waals surface area contributed by atoms with Crippen LogP contribution < -0.4 is 0 Å². The van der Waals surface area contributed by atoms with Crippen LogP contribution in [0, 0.1) is 0 Å². The summed E-state index contributed by atoms with van der Waals surface area (Å²) in [6.07, 6.45) is 6.94. The summed E-state index contributed by atoms with van der Waals surface area (Å²) in [5.41, 5.74) is 7.50. The second kappa shape index (κ2) is 10.3. The quantitative estimate of drug-likeness (QED) is 0.236. The highest BCUT2D eigenvalue weighted by Crippen LogP contribution is 2.34. The molecule has 0 spiro atoms. The smallest absolute Gasteiger partial charge is 0.160 e. The second-order valence-electron chi connectivity index (χ2n) is 9.30. The summed E-state index contributed by atoms with van der Waals surface area (Å²) in [4.78, 5) is 28.2. The molecule has 0 N–H and O–H groups in total. The van der Waals surface area contributed by atoms with E-state index in [1.54, 1.807) is 36.9 Å². The number of aromatic nitrogens is 6. The van der Waals surface area contributed by atoms with Gasteiger partial charge in [0, 0.05) is 52.4 Å². The molecule has 7 aromatic rings. The average Bonchev–Trinajstić information content (AvgIpc) is 3.05. The minimum Gasteiger partial charge on any atom is -0.237 e. The Kier molecular flexibility index (Phi) is 6.03. The molecule has 0 fully saturated rings. The van der Waals surface area contributed by atoms with Crippen LogP contribution in [0.2, 0.25) is 0 Å². The average molecular weight is 515 g/mol. The van der Waals surface area contributed by atoms with Crippen LogP contribution in [0.25, 0.3) is 67.5 Å². The lowest BCUT2D eigenvalue weighted by Gasteiger charge is -2.13. The van der Waals surface area contributed by atoms with Crippen LogP contribution in [-0.4, -0.2) is 29.9 Å². The molecule has 0 aliphatic rings.